The average Bonchev–Trinajstić information content (AvgIpc) is 1.52. The Labute approximate surface area is 924 Å². The van der Waals surface area contributed by atoms with Crippen LogP contribution in [0.1, 0.15) is 428 Å². The number of benzene rings is 9. The Bertz CT molecular complexity index is 4920. The van der Waals surface area contributed by atoms with Gasteiger partial charge in [0.25, 0.3) is 16.6 Å². The fourth-order valence-corrected chi connectivity index (χ4v) is 45.0. The van der Waals surface area contributed by atoms with Gasteiger partial charge in [0.1, 0.15) is 27.3 Å². The number of fused-ring (bicyclic) bond motifs is 3. The second kappa shape index (κ2) is 67.3. The number of halogens is 1. The SMILES string of the molecule is CCCCCCCCCCC(Oc1ccc(CNCC)c(OCCCCCCCCCCCO[Si](C(C)C)(C(C)C)C(C)C)c1)O[Si](C(C)C)(C(C)C)C(C)C.CCCCCCCCCCC(Oc1ccc(CNCC)c(OCCCCCCCCCCCO[Si](c2ccccc2)(c2ccccc2)C(C)(C)C)c1)O[Si](c1ccccc1)(c1ccccc1)C(C)(C)C.Cc1cccc(C2(Br)c3cc(C)ccc3-c3ccc(C)cc32)c1. The third-order valence-corrected chi connectivity index (χ3v) is 55.4. The van der Waals surface area contributed by atoms with Crippen LogP contribution in [-0.4, -0.2) is 85.4 Å². The van der Waals surface area contributed by atoms with Gasteiger partial charge < -0.3 is 47.3 Å². The first-order valence-electron chi connectivity index (χ1n) is 59.8. The van der Waals surface area contributed by atoms with Gasteiger partial charge in [0.15, 0.2) is 20.9 Å². The topological polar surface area (TPSA) is 97.9 Å². The van der Waals surface area contributed by atoms with Crippen molar-refractivity contribution in [2.75, 3.05) is 39.5 Å². The Morgan fingerprint density at radius 3 is 0.933 bits per heavy atom. The van der Waals surface area contributed by atoms with E-state index in [1.165, 1.54) is 263 Å². The first kappa shape index (κ1) is 127. The normalized spacial score (nSPS) is 13.3. The molecule has 2 N–H and O–H groups in total. The highest BCUT2D eigenvalue weighted by Gasteiger charge is 2.54. The lowest BCUT2D eigenvalue weighted by atomic mass is 9.87. The largest absolute Gasteiger partial charge is 0.493 e. The Balaban J connectivity index is 0.000000303. The van der Waals surface area contributed by atoms with Gasteiger partial charge in [-0.05, 0) is 176 Å². The summed E-state index contributed by atoms with van der Waals surface area (Å²) in [7, 11) is -9.14. The molecule has 2 atom stereocenters. The maximum atomic E-state index is 7.66. The maximum absolute atomic E-state index is 7.66. The minimum Gasteiger partial charge on any atom is -0.493 e. The summed E-state index contributed by atoms with van der Waals surface area (Å²) in [5.74, 6) is 3.55. The van der Waals surface area contributed by atoms with Crippen molar-refractivity contribution in [3.8, 4) is 34.1 Å². The van der Waals surface area contributed by atoms with E-state index in [2.05, 4.69) is 418 Å². The fraction of sp³-hybridized carbons (Fsp3) is 0.597. The minimum absolute atomic E-state index is 0.0203. The van der Waals surface area contributed by atoms with Gasteiger partial charge in [0.05, 0.1) is 13.2 Å². The van der Waals surface area contributed by atoms with Crippen molar-refractivity contribution in [3.05, 3.63) is 263 Å². The summed E-state index contributed by atoms with van der Waals surface area (Å²) in [5.41, 5.74) is 16.5. The fourth-order valence-electron chi connectivity index (χ4n) is 24.0. The summed E-state index contributed by atoms with van der Waals surface area (Å²) in [4.78, 5) is 0. The Morgan fingerprint density at radius 1 is 0.295 bits per heavy atom. The molecule has 10 rings (SSSR count). The molecular weight excluding hydrogens is 1960 g/mol. The maximum Gasteiger partial charge on any atom is 0.265 e. The number of hydrogen-bond acceptors (Lipinski definition) is 10. The lowest BCUT2D eigenvalue weighted by Crippen LogP contribution is -2.68. The summed E-state index contributed by atoms with van der Waals surface area (Å²) >= 11 is 4.15. The molecule has 0 spiro atoms. The monoisotopic (exact) mass is 2170 g/mol. The molecule has 0 aliphatic heterocycles. The van der Waals surface area contributed by atoms with Gasteiger partial charge in [0, 0.05) is 62.4 Å². The van der Waals surface area contributed by atoms with E-state index in [1.54, 1.807) is 0 Å². The standard InChI is InChI=1S/C63H93NO4Si2.C49H97NO4Si2.C22H19Br/c1-9-11-12-13-14-18-21-36-47-61(68-70(63(6,7)8,58-43-32-26-33-44-58)59-45-34-27-35-46-59)67-55-49-48-54(53-64-10-2)60(52-55)65-50-37-22-19-16-15-17-20-23-38-51-66-69(62(3,4)5,56-39-28-24-29-40-56)57-41-30-25-31-42-57;1-15-17-18-19-20-24-27-30-33-49(54-56(43(9)10,44(11)12)45(13)14)53-47-35-34-46(39-50-16-2)48(38-47)51-36-31-28-25-22-21-23-26-29-32-37-52-55(40(3)4,41(5)6)42(7)8;1-14-5-4-6-17(11-14)22(23)20-12-15(2)7-9-18(20)19-10-8-16(3)13-21(19)22/h24-35,39-46,48-49,52,61,64H,9-23,36-38,47,50-51,53H2,1-8H3;34-35,38,40-45,49-50H,15-33,36-37,39H2,1-14H3;4-13H,1-3H3. The van der Waals surface area contributed by atoms with E-state index in [-0.39, 0.29) is 20.7 Å². The number of ether oxygens (including phenoxy) is 4. The van der Waals surface area contributed by atoms with E-state index in [0.29, 0.717) is 39.9 Å². The van der Waals surface area contributed by atoms with Crippen molar-refractivity contribution >= 4 is 69.9 Å². The number of rotatable bonds is 71. The van der Waals surface area contributed by atoms with Gasteiger partial charge in [-0.25, -0.2) is 0 Å². The molecule has 9 aromatic carbocycles. The van der Waals surface area contributed by atoms with E-state index < -0.39 is 39.6 Å². The number of hydrogen-bond donors (Lipinski definition) is 2. The third kappa shape index (κ3) is 38.4. The van der Waals surface area contributed by atoms with Crippen LogP contribution in [0.4, 0.5) is 0 Å². The van der Waals surface area contributed by atoms with Crippen LogP contribution in [0.2, 0.25) is 43.3 Å². The predicted octanol–water partition coefficient (Wildman–Crippen LogP) is 37.7. The zero-order valence-corrected chi connectivity index (χ0v) is 104. The molecule has 826 valence electrons. The molecule has 149 heavy (non-hydrogen) atoms. The van der Waals surface area contributed by atoms with Crippen LogP contribution < -0.4 is 50.3 Å². The molecule has 15 heteroatoms. The van der Waals surface area contributed by atoms with E-state index in [4.69, 9.17) is 36.7 Å². The molecule has 0 heterocycles. The zero-order valence-electron chi connectivity index (χ0n) is 98.7. The van der Waals surface area contributed by atoms with E-state index in [1.807, 2.05) is 0 Å². The lowest BCUT2D eigenvalue weighted by Gasteiger charge is -2.45. The molecule has 0 bridgehead atoms. The highest BCUT2D eigenvalue weighted by atomic mass is 79.9. The van der Waals surface area contributed by atoms with Crippen molar-refractivity contribution in [3.63, 3.8) is 0 Å². The number of aryl methyl sites for hydroxylation is 3. The molecule has 0 saturated heterocycles. The van der Waals surface area contributed by atoms with Crippen molar-refractivity contribution < 1.29 is 36.7 Å². The Hall–Kier alpha value is -6.71. The molecule has 1 aliphatic rings. The number of alkyl halides is 1. The molecular formula is C134H209BrN2O8Si4. The van der Waals surface area contributed by atoms with E-state index in [9.17, 15) is 0 Å². The van der Waals surface area contributed by atoms with E-state index in [0.717, 1.165) is 114 Å². The summed E-state index contributed by atoms with van der Waals surface area (Å²) in [6.45, 7) is 64.7. The Kier molecular flexibility index (Phi) is 57.6. The summed E-state index contributed by atoms with van der Waals surface area (Å²) < 4.78 is 55.6. The van der Waals surface area contributed by atoms with Gasteiger partial charge in [-0.1, -0.05) is 559 Å². The molecule has 0 fully saturated rings. The summed E-state index contributed by atoms with van der Waals surface area (Å²) in [6.07, 6.45) is 44.1. The van der Waals surface area contributed by atoms with E-state index >= 15 is 0 Å². The quantitative estimate of drug-likeness (QED) is 0.0166. The van der Waals surface area contributed by atoms with Crippen LogP contribution in [0.5, 0.6) is 23.0 Å². The molecule has 0 aromatic heterocycles. The highest BCUT2D eigenvalue weighted by Crippen LogP contribution is 2.57. The second-order valence-corrected chi connectivity index (χ2v) is 67.9. The van der Waals surface area contributed by atoms with Gasteiger partial charge in [-0.3, -0.25) is 0 Å². The van der Waals surface area contributed by atoms with Crippen LogP contribution in [0.25, 0.3) is 11.1 Å². The van der Waals surface area contributed by atoms with Crippen molar-refractivity contribution in [1.29, 1.82) is 0 Å². The van der Waals surface area contributed by atoms with Gasteiger partial charge in [-0.15, -0.1) is 0 Å². The summed E-state index contributed by atoms with van der Waals surface area (Å²) in [6, 6.07) is 79.3. The molecule has 9 aromatic rings. The van der Waals surface area contributed by atoms with Crippen LogP contribution in [0.15, 0.2) is 218 Å². The molecule has 10 nitrogen and oxygen atoms in total. The Morgan fingerprint density at radius 2 is 0.604 bits per heavy atom. The van der Waals surface area contributed by atoms with Crippen LogP contribution in [-0.2, 0) is 35.1 Å². The van der Waals surface area contributed by atoms with Gasteiger partial charge >= 0.3 is 0 Å². The lowest BCUT2D eigenvalue weighted by molar-refractivity contribution is -0.0167. The van der Waals surface area contributed by atoms with Gasteiger partial charge in [-0.2, -0.15) is 0 Å². The number of nitrogens with one attached hydrogen (secondary N) is 2. The first-order chi connectivity index (χ1) is 71.7. The van der Waals surface area contributed by atoms with Crippen molar-refractivity contribution in [1.82, 2.24) is 10.6 Å². The van der Waals surface area contributed by atoms with Crippen LogP contribution >= 0.6 is 15.9 Å². The molecule has 1 aliphatic carbocycles. The molecule has 0 radical (unpaired) electrons. The molecule has 0 amide bonds. The number of unbranched alkanes of at least 4 members (excludes halogenated alkanes) is 30. The highest BCUT2D eigenvalue weighted by molar-refractivity contribution is 9.10. The van der Waals surface area contributed by atoms with Crippen LogP contribution in [0, 0.1) is 20.8 Å². The minimum atomic E-state index is -2.85. The zero-order chi connectivity index (χ0) is 108. The smallest absolute Gasteiger partial charge is 0.265 e. The molecule has 2 unspecified atom stereocenters. The van der Waals surface area contributed by atoms with Crippen LogP contribution in [0.3, 0.4) is 0 Å². The van der Waals surface area contributed by atoms with Crippen molar-refractivity contribution in [2.24, 2.45) is 0 Å². The second-order valence-electron chi connectivity index (χ2n) is 47.3. The van der Waals surface area contributed by atoms with Gasteiger partial charge in [0.2, 0.25) is 8.32 Å². The predicted molar refractivity (Wildman–Crippen MR) is 658 cm³/mol. The van der Waals surface area contributed by atoms with Crippen molar-refractivity contribution in [2.45, 2.75) is 478 Å². The summed E-state index contributed by atoms with van der Waals surface area (Å²) in [5, 5.41) is 12.2. The first-order valence-corrected chi connectivity index (χ1v) is 68.7. The molecule has 0 saturated carbocycles. The third-order valence-electron chi connectivity index (χ3n) is 31.8. The average molecular weight is 2170 g/mol.